The number of rotatable bonds is 6. The summed E-state index contributed by atoms with van der Waals surface area (Å²) < 4.78 is 18.6. The van der Waals surface area contributed by atoms with Crippen LogP contribution in [0, 0.1) is 11.7 Å². The van der Waals surface area contributed by atoms with Crippen molar-refractivity contribution in [2.24, 2.45) is 5.92 Å². The molecule has 5 heteroatoms. The van der Waals surface area contributed by atoms with Crippen LogP contribution in [0.4, 0.5) is 4.39 Å². The Morgan fingerprint density at radius 1 is 1.36 bits per heavy atom. The Kier molecular flexibility index (Phi) is 6.34. The Bertz CT molecular complexity index is 487. The molecule has 0 aromatic heterocycles. The van der Waals surface area contributed by atoms with Crippen molar-refractivity contribution in [1.82, 2.24) is 10.2 Å². The van der Waals surface area contributed by atoms with Crippen LogP contribution in [0.15, 0.2) is 24.3 Å². The summed E-state index contributed by atoms with van der Waals surface area (Å²) in [5.41, 5.74) is 0.366. The highest BCUT2D eigenvalue weighted by Crippen LogP contribution is 2.13. The number of benzene rings is 1. The summed E-state index contributed by atoms with van der Waals surface area (Å²) in [5.74, 6) is -0.0556. The zero-order valence-corrected chi connectivity index (χ0v) is 13.3. The smallest absolute Gasteiger partial charge is 0.251 e. The lowest BCUT2D eigenvalue weighted by Gasteiger charge is -2.35. The molecule has 4 nitrogen and oxygen atoms in total. The SMILES string of the molecule is CC(C)CC(CNC(=O)c1cccc(F)c1)N1CCOCC1. The van der Waals surface area contributed by atoms with Crippen molar-refractivity contribution >= 4 is 5.91 Å². The second-order valence-electron chi connectivity index (χ2n) is 6.15. The standard InChI is InChI=1S/C17H25FN2O2/c1-13(2)10-16(20-6-8-22-9-7-20)12-19-17(21)14-4-3-5-15(18)11-14/h3-5,11,13,16H,6-10,12H2,1-2H3,(H,19,21). The van der Waals surface area contributed by atoms with Gasteiger partial charge >= 0.3 is 0 Å². The van der Waals surface area contributed by atoms with E-state index >= 15 is 0 Å². The first-order valence-electron chi connectivity index (χ1n) is 7.92. The quantitative estimate of drug-likeness (QED) is 0.877. The summed E-state index contributed by atoms with van der Waals surface area (Å²) in [4.78, 5) is 14.5. The van der Waals surface area contributed by atoms with Gasteiger partial charge in [0.05, 0.1) is 13.2 Å². The lowest BCUT2D eigenvalue weighted by atomic mass is 10.0. The Morgan fingerprint density at radius 2 is 2.09 bits per heavy atom. The Balaban J connectivity index is 1.93. The zero-order chi connectivity index (χ0) is 15.9. The second-order valence-corrected chi connectivity index (χ2v) is 6.15. The Morgan fingerprint density at radius 3 is 2.73 bits per heavy atom. The molecule has 1 N–H and O–H groups in total. The van der Waals surface area contributed by atoms with Gasteiger partial charge in [0.2, 0.25) is 0 Å². The molecule has 0 spiro atoms. The highest BCUT2D eigenvalue weighted by Gasteiger charge is 2.22. The van der Waals surface area contributed by atoms with Gasteiger partial charge in [-0.15, -0.1) is 0 Å². The van der Waals surface area contributed by atoms with Gasteiger partial charge in [-0.25, -0.2) is 4.39 Å². The number of nitrogens with one attached hydrogen (secondary N) is 1. The number of carbonyl (C=O) groups excluding carboxylic acids is 1. The van der Waals surface area contributed by atoms with Crippen molar-refractivity contribution in [1.29, 1.82) is 0 Å². The molecule has 0 aliphatic carbocycles. The van der Waals surface area contributed by atoms with E-state index in [4.69, 9.17) is 4.74 Å². The molecule has 122 valence electrons. The Labute approximate surface area is 131 Å². The first-order chi connectivity index (χ1) is 10.6. The molecule has 0 radical (unpaired) electrons. The van der Waals surface area contributed by atoms with Crippen molar-refractivity contribution in [2.75, 3.05) is 32.8 Å². The van der Waals surface area contributed by atoms with E-state index in [9.17, 15) is 9.18 Å². The van der Waals surface area contributed by atoms with Gasteiger partial charge in [-0.05, 0) is 30.5 Å². The van der Waals surface area contributed by atoms with Gasteiger partial charge in [0.1, 0.15) is 5.82 Å². The largest absolute Gasteiger partial charge is 0.379 e. The molecule has 1 heterocycles. The second kappa shape index (κ2) is 8.25. The molecule has 1 amide bonds. The minimum atomic E-state index is -0.389. The molecular weight excluding hydrogens is 283 g/mol. The van der Waals surface area contributed by atoms with Crippen molar-refractivity contribution in [3.8, 4) is 0 Å². The predicted octanol–water partition coefficient (Wildman–Crippen LogP) is 2.30. The molecule has 2 rings (SSSR count). The average Bonchev–Trinajstić information content (AvgIpc) is 2.51. The van der Waals surface area contributed by atoms with Gasteiger partial charge in [-0.3, -0.25) is 9.69 Å². The van der Waals surface area contributed by atoms with E-state index in [1.54, 1.807) is 12.1 Å². The van der Waals surface area contributed by atoms with E-state index in [0.717, 1.165) is 32.7 Å². The van der Waals surface area contributed by atoms with Gasteiger partial charge in [0, 0.05) is 31.2 Å². The molecule has 0 bridgehead atoms. The molecule has 1 aromatic rings. The first kappa shape index (κ1) is 16.9. The minimum absolute atomic E-state index is 0.221. The summed E-state index contributed by atoms with van der Waals surface area (Å²) in [5, 5.41) is 2.94. The fraction of sp³-hybridized carbons (Fsp3) is 0.588. The summed E-state index contributed by atoms with van der Waals surface area (Å²) in [6, 6.07) is 6.08. The van der Waals surface area contributed by atoms with E-state index in [2.05, 4.69) is 24.1 Å². The lowest BCUT2D eigenvalue weighted by molar-refractivity contribution is 0.0124. The van der Waals surface area contributed by atoms with Crippen LogP contribution in [0.5, 0.6) is 0 Å². The molecule has 1 fully saturated rings. The van der Waals surface area contributed by atoms with Gasteiger partial charge in [0.15, 0.2) is 0 Å². The van der Waals surface area contributed by atoms with Crippen LogP contribution in [0.1, 0.15) is 30.6 Å². The summed E-state index contributed by atoms with van der Waals surface area (Å²) in [7, 11) is 0. The third kappa shape index (κ3) is 5.07. The third-order valence-corrected chi connectivity index (χ3v) is 3.89. The van der Waals surface area contributed by atoms with Gasteiger partial charge in [-0.1, -0.05) is 19.9 Å². The molecule has 1 atom stereocenters. The fourth-order valence-corrected chi connectivity index (χ4v) is 2.79. The topological polar surface area (TPSA) is 41.6 Å². The lowest BCUT2D eigenvalue weighted by Crippen LogP contribution is -2.49. The number of carbonyl (C=O) groups is 1. The number of amides is 1. The van der Waals surface area contributed by atoms with E-state index in [0.29, 0.717) is 24.1 Å². The van der Waals surface area contributed by atoms with Gasteiger partial charge in [0.25, 0.3) is 5.91 Å². The highest BCUT2D eigenvalue weighted by molar-refractivity contribution is 5.94. The number of nitrogens with zero attached hydrogens (tertiary/aromatic N) is 1. The maximum atomic E-state index is 13.2. The zero-order valence-electron chi connectivity index (χ0n) is 13.3. The van der Waals surface area contributed by atoms with E-state index in [1.807, 2.05) is 0 Å². The van der Waals surface area contributed by atoms with Crippen molar-refractivity contribution in [3.05, 3.63) is 35.6 Å². The molecule has 22 heavy (non-hydrogen) atoms. The number of halogens is 1. The van der Waals surface area contributed by atoms with Crippen LogP contribution in [-0.4, -0.2) is 49.7 Å². The molecule has 1 aliphatic rings. The van der Waals surface area contributed by atoms with E-state index < -0.39 is 0 Å². The maximum absolute atomic E-state index is 13.2. The van der Waals surface area contributed by atoms with Crippen molar-refractivity contribution < 1.29 is 13.9 Å². The summed E-state index contributed by atoms with van der Waals surface area (Å²) >= 11 is 0. The predicted molar refractivity (Wildman–Crippen MR) is 84.4 cm³/mol. The number of hydrogen-bond donors (Lipinski definition) is 1. The summed E-state index contributed by atoms with van der Waals surface area (Å²) in [6.07, 6.45) is 1.02. The van der Waals surface area contributed by atoms with Crippen LogP contribution >= 0.6 is 0 Å². The van der Waals surface area contributed by atoms with Crippen LogP contribution in [0.2, 0.25) is 0 Å². The van der Waals surface area contributed by atoms with Crippen LogP contribution in [-0.2, 0) is 4.74 Å². The summed E-state index contributed by atoms with van der Waals surface area (Å²) in [6.45, 7) is 8.22. The molecule has 1 unspecified atom stereocenters. The van der Waals surface area contributed by atoms with Crippen molar-refractivity contribution in [3.63, 3.8) is 0 Å². The molecule has 1 aromatic carbocycles. The van der Waals surface area contributed by atoms with Crippen LogP contribution in [0.3, 0.4) is 0 Å². The highest BCUT2D eigenvalue weighted by atomic mass is 19.1. The normalized spacial score (nSPS) is 17.5. The number of hydrogen-bond acceptors (Lipinski definition) is 3. The van der Waals surface area contributed by atoms with E-state index in [1.165, 1.54) is 12.1 Å². The first-order valence-corrected chi connectivity index (χ1v) is 7.92. The maximum Gasteiger partial charge on any atom is 0.251 e. The molecular formula is C17H25FN2O2. The third-order valence-electron chi connectivity index (χ3n) is 3.89. The van der Waals surface area contributed by atoms with Crippen molar-refractivity contribution in [2.45, 2.75) is 26.3 Å². The molecule has 1 aliphatic heterocycles. The number of ether oxygens (including phenoxy) is 1. The van der Waals surface area contributed by atoms with Gasteiger partial charge in [-0.2, -0.15) is 0 Å². The fourth-order valence-electron chi connectivity index (χ4n) is 2.79. The van der Waals surface area contributed by atoms with Crippen LogP contribution < -0.4 is 5.32 Å². The average molecular weight is 308 g/mol. The molecule has 1 saturated heterocycles. The van der Waals surface area contributed by atoms with E-state index in [-0.39, 0.29) is 11.7 Å². The van der Waals surface area contributed by atoms with Crippen LogP contribution in [0.25, 0.3) is 0 Å². The Hall–Kier alpha value is -1.46. The van der Waals surface area contributed by atoms with Gasteiger partial charge < -0.3 is 10.1 Å². The molecule has 0 saturated carbocycles. The monoisotopic (exact) mass is 308 g/mol. The number of morpholine rings is 1. The minimum Gasteiger partial charge on any atom is -0.379 e.